The maximum absolute atomic E-state index is 12.8. The van der Waals surface area contributed by atoms with Crippen molar-refractivity contribution in [1.29, 1.82) is 0 Å². The highest BCUT2D eigenvalue weighted by Crippen LogP contribution is 2.19. The van der Waals surface area contributed by atoms with E-state index in [1.165, 1.54) is 43.5 Å². The van der Waals surface area contributed by atoms with E-state index >= 15 is 0 Å². The quantitative estimate of drug-likeness (QED) is 0.657. The van der Waals surface area contributed by atoms with E-state index in [4.69, 9.17) is 11.6 Å². The third-order valence-corrected chi connectivity index (χ3v) is 5.95. The normalized spacial score (nSPS) is 11.3. The minimum Gasteiger partial charge on any atom is -0.465 e. The molecule has 2 aromatic carbocycles. The first-order chi connectivity index (χ1) is 13.3. The second-order valence-corrected chi connectivity index (χ2v) is 8.28. The van der Waals surface area contributed by atoms with Gasteiger partial charge in [0.25, 0.3) is 0 Å². The van der Waals surface area contributed by atoms with Crippen molar-refractivity contribution in [3.63, 3.8) is 0 Å². The molecule has 0 saturated carbocycles. The number of nitrogens with one attached hydrogen (secondary N) is 1. The molecule has 7 nitrogen and oxygen atoms in total. The minimum absolute atomic E-state index is 0.0700. The number of nitrogens with zero attached hydrogens (tertiary/aromatic N) is 1. The average molecular weight is 425 g/mol. The van der Waals surface area contributed by atoms with Crippen molar-refractivity contribution in [2.75, 3.05) is 25.5 Å². The van der Waals surface area contributed by atoms with Crippen LogP contribution in [-0.2, 0) is 19.6 Å². The Hall–Kier alpha value is -2.42. The summed E-state index contributed by atoms with van der Waals surface area (Å²) in [6, 6.07) is 11.9. The van der Waals surface area contributed by atoms with Gasteiger partial charge in [-0.25, -0.2) is 13.2 Å². The molecule has 0 aliphatic carbocycles. The van der Waals surface area contributed by atoms with E-state index in [0.29, 0.717) is 22.7 Å². The number of anilines is 1. The molecule has 9 heteroatoms. The summed E-state index contributed by atoms with van der Waals surface area (Å²) >= 11 is 5.82. The number of ether oxygens (including phenoxy) is 1. The molecule has 0 bridgehead atoms. The number of benzene rings is 2. The molecule has 0 saturated heterocycles. The predicted octanol–water partition coefficient (Wildman–Crippen LogP) is 3.17. The van der Waals surface area contributed by atoms with Gasteiger partial charge in [-0.2, -0.15) is 4.31 Å². The first kappa shape index (κ1) is 21.9. The van der Waals surface area contributed by atoms with Crippen LogP contribution in [0.15, 0.2) is 53.4 Å². The van der Waals surface area contributed by atoms with Crippen LogP contribution in [0.3, 0.4) is 0 Å². The molecule has 1 N–H and O–H groups in total. The van der Waals surface area contributed by atoms with Crippen LogP contribution in [-0.4, -0.2) is 44.8 Å². The van der Waals surface area contributed by atoms with Crippen LogP contribution in [0.4, 0.5) is 5.69 Å². The van der Waals surface area contributed by atoms with Crippen LogP contribution in [0.5, 0.6) is 0 Å². The minimum atomic E-state index is -3.84. The molecule has 0 aliphatic heterocycles. The number of rotatable bonds is 8. The molecular formula is C19H21ClN2O5S. The van der Waals surface area contributed by atoms with E-state index in [2.05, 4.69) is 10.1 Å². The van der Waals surface area contributed by atoms with Crippen LogP contribution in [0.2, 0.25) is 5.02 Å². The summed E-state index contributed by atoms with van der Waals surface area (Å²) in [6.45, 7) is 1.69. The van der Waals surface area contributed by atoms with Crippen molar-refractivity contribution in [2.45, 2.75) is 18.2 Å². The number of methoxy groups -OCH3 is 1. The Morgan fingerprint density at radius 3 is 2.21 bits per heavy atom. The summed E-state index contributed by atoms with van der Waals surface area (Å²) in [6.07, 6.45) is 0.550. The van der Waals surface area contributed by atoms with Gasteiger partial charge < -0.3 is 10.1 Å². The summed E-state index contributed by atoms with van der Waals surface area (Å²) in [7, 11) is -2.56. The first-order valence-corrected chi connectivity index (χ1v) is 10.3. The fourth-order valence-corrected chi connectivity index (χ4v) is 4.07. The Morgan fingerprint density at radius 2 is 1.68 bits per heavy atom. The van der Waals surface area contributed by atoms with Crippen molar-refractivity contribution < 1.29 is 22.7 Å². The Labute approximate surface area is 169 Å². The summed E-state index contributed by atoms with van der Waals surface area (Å²) in [5.74, 6) is -0.974. The summed E-state index contributed by atoms with van der Waals surface area (Å²) in [5.41, 5.74) is 0.788. The van der Waals surface area contributed by atoms with Crippen molar-refractivity contribution in [1.82, 2.24) is 4.31 Å². The highest BCUT2D eigenvalue weighted by atomic mass is 35.5. The zero-order valence-corrected chi connectivity index (χ0v) is 17.1. The number of esters is 1. The molecule has 1 amide bonds. The van der Waals surface area contributed by atoms with E-state index in [0.717, 1.165) is 4.31 Å². The Morgan fingerprint density at radius 1 is 1.07 bits per heavy atom. The SMILES string of the molecule is CCCN(CC(=O)Nc1ccc(C(=O)OC)cc1)S(=O)(=O)c1ccc(Cl)cc1. The molecule has 2 aromatic rings. The monoisotopic (exact) mass is 424 g/mol. The lowest BCUT2D eigenvalue weighted by atomic mass is 10.2. The average Bonchev–Trinajstić information content (AvgIpc) is 2.68. The number of hydrogen-bond acceptors (Lipinski definition) is 5. The van der Waals surface area contributed by atoms with Gasteiger partial charge in [-0.1, -0.05) is 18.5 Å². The third-order valence-electron chi connectivity index (χ3n) is 3.83. The maximum atomic E-state index is 12.8. The fourth-order valence-electron chi connectivity index (χ4n) is 2.46. The number of sulfonamides is 1. The van der Waals surface area contributed by atoms with Gasteiger partial charge in [0.05, 0.1) is 24.1 Å². The van der Waals surface area contributed by atoms with E-state index in [-0.39, 0.29) is 18.0 Å². The van der Waals surface area contributed by atoms with Crippen molar-refractivity contribution in [3.8, 4) is 0 Å². The smallest absolute Gasteiger partial charge is 0.337 e. The Kier molecular flexibility index (Phi) is 7.56. The Balaban J connectivity index is 2.11. The van der Waals surface area contributed by atoms with Gasteiger partial charge in [0.2, 0.25) is 15.9 Å². The second kappa shape index (κ2) is 9.68. The highest BCUT2D eigenvalue weighted by molar-refractivity contribution is 7.89. The molecule has 0 radical (unpaired) electrons. The first-order valence-electron chi connectivity index (χ1n) is 8.52. The lowest BCUT2D eigenvalue weighted by Gasteiger charge is -2.21. The largest absolute Gasteiger partial charge is 0.465 e. The summed E-state index contributed by atoms with van der Waals surface area (Å²) in [5, 5.41) is 3.05. The van der Waals surface area contributed by atoms with Gasteiger partial charge in [0, 0.05) is 17.3 Å². The molecule has 2 rings (SSSR count). The fraction of sp³-hybridized carbons (Fsp3) is 0.263. The van der Waals surface area contributed by atoms with E-state index in [1.54, 1.807) is 12.1 Å². The van der Waals surface area contributed by atoms with Crippen LogP contribution >= 0.6 is 11.6 Å². The summed E-state index contributed by atoms with van der Waals surface area (Å²) in [4.78, 5) is 23.9. The predicted molar refractivity (Wildman–Crippen MR) is 107 cm³/mol. The highest BCUT2D eigenvalue weighted by Gasteiger charge is 2.26. The zero-order chi connectivity index (χ0) is 20.7. The van der Waals surface area contributed by atoms with Gasteiger partial charge in [-0.15, -0.1) is 0 Å². The van der Waals surface area contributed by atoms with Gasteiger partial charge in [0.1, 0.15) is 0 Å². The molecule has 0 atom stereocenters. The van der Waals surface area contributed by atoms with E-state index in [1.807, 2.05) is 6.92 Å². The van der Waals surface area contributed by atoms with Gasteiger partial charge in [-0.05, 0) is 55.0 Å². The standard InChI is InChI=1S/C19H21ClN2O5S/c1-3-12-22(28(25,26)17-10-6-15(20)7-11-17)13-18(23)21-16-8-4-14(5-9-16)19(24)27-2/h4-11H,3,12-13H2,1-2H3,(H,21,23). The molecule has 0 aromatic heterocycles. The van der Waals surface area contributed by atoms with Crippen molar-refractivity contribution in [2.24, 2.45) is 0 Å². The number of amides is 1. The number of halogens is 1. The maximum Gasteiger partial charge on any atom is 0.337 e. The van der Waals surface area contributed by atoms with Crippen molar-refractivity contribution in [3.05, 3.63) is 59.1 Å². The number of hydrogen-bond donors (Lipinski definition) is 1. The number of carbonyl (C=O) groups excluding carboxylic acids is 2. The van der Waals surface area contributed by atoms with E-state index in [9.17, 15) is 18.0 Å². The van der Waals surface area contributed by atoms with Gasteiger partial charge in [-0.3, -0.25) is 4.79 Å². The molecule has 0 fully saturated rings. The third kappa shape index (κ3) is 5.54. The van der Waals surface area contributed by atoms with Crippen molar-refractivity contribution >= 4 is 39.2 Å². The molecule has 0 spiro atoms. The summed E-state index contributed by atoms with van der Waals surface area (Å²) < 4.78 is 31.4. The Bertz CT molecular complexity index is 928. The van der Waals surface area contributed by atoms with Gasteiger partial charge >= 0.3 is 5.97 Å². The second-order valence-electron chi connectivity index (χ2n) is 5.91. The van der Waals surface area contributed by atoms with Gasteiger partial charge in [0.15, 0.2) is 0 Å². The topological polar surface area (TPSA) is 92.8 Å². The molecule has 28 heavy (non-hydrogen) atoms. The lowest BCUT2D eigenvalue weighted by Crippen LogP contribution is -2.38. The van der Waals surface area contributed by atoms with Crippen LogP contribution in [0.1, 0.15) is 23.7 Å². The zero-order valence-electron chi connectivity index (χ0n) is 15.5. The molecule has 0 unspecified atom stereocenters. The van der Waals surface area contributed by atoms with Crippen LogP contribution < -0.4 is 5.32 Å². The van der Waals surface area contributed by atoms with E-state index < -0.39 is 21.9 Å². The van der Waals surface area contributed by atoms with Crippen LogP contribution in [0, 0.1) is 0 Å². The molecule has 0 aliphatic rings. The molecule has 150 valence electrons. The number of carbonyl (C=O) groups is 2. The molecule has 0 heterocycles. The van der Waals surface area contributed by atoms with Crippen LogP contribution in [0.25, 0.3) is 0 Å². The molecular weight excluding hydrogens is 404 g/mol. The lowest BCUT2D eigenvalue weighted by molar-refractivity contribution is -0.116.